The van der Waals surface area contributed by atoms with Crippen molar-refractivity contribution in [1.29, 1.82) is 0 Å². The van der Waals surface area contributed by atoms with Gasteiger partial charge < -0.3 is 9.31 Å². The highest BCUT2D eigenvalue weighted by atomic mass is 79.9. The highest BCUT2D eigenvalue weighted by Gasteiger charge is 2.51. The average Bonchev–Trinajstić information content (AvgIpc) is 2.37. The molecule has 1 aromatic rings. The van der Waals surface area contributed by atoms with E-state index in [-0.39, 0.29) is 18.3 Å². The topological polar surface area (TPSA) is 31.4 Å². The summed E-state index contributed by atoms with van der Waals surface area (Å²) in [6, 6.07) is 3.85. The molecule has 16 heavy (non-hydrogen) atoms. The third-order valence-corrected chi connectivity index (χ3v) is 3.74. The Labute approximate surface area is 105 Å². The number of pyridine rings is 1. The minimum absolute atomic E-state index is 0.301. The highest BCUT2D eigenvalue weighted by molar-refractivity contribution is 9.10. The Kier molecular flexibility index (Phi) is 2.89. The molecule has 2 rings (SSSR count). The molecular formula is C11H15BBrNO2. The van der Waals surface area contributed by atoms with Crippen LogP contribution in [0.4, 0.5) is 0 Å². The van der Waals surface area contributed by atoms with Gasteiger partial charge in [0.1, 0.15) is 4.60 Å². The van der Waals surface area contributed by atoms with Crippen LogP contribution in [0, 0.1) is 0 Å². The molecule has 0 saturated carbocycles. The second-order valence-corrected chi connectivity index (χ2v) is 5.81. The standard InChI is InChI=1S/C11H15BBrNO2/c1-10(2)11(3,4)16-12(15-10)8-5-6-9(13)14-7-8/h5-7H,1-4H3. The SMILES string of the molecule is CC1(C)OB(c2ccc(Br)nc2)OC1(C)C. The van der Waals surface area contributed by atoms with Gasteiger partial charge in [-0.05, 0) is 49.7 Å². The fourth-order valence-electron chi connectivity index (χ4n) is 1.51. The Morgan fingerprint density at radius 3 is 2.12 bits per heavy atom. The summed E-state index contributed by atoms with van der Waals surface area (Å²) in [5.41, 5.74) is 0.344. The first-order chi connectivity index (χ1) is 7.32. The molecule has 1 aliphatic rings. The zero-order valence-electron chi connectivity index (χ0n) is 9.95. The van der Waals surface area contributed by atoms with Gasteiger partial charge >= 0.3 is 7.12 Å². The first-order valence-corrected chi connectivity index (χ1v) is 6.08. The van der Waals surface area contributed by atoms with Gasteiger partial charge in [0.15, 0.2) is 0 Å². The average molecular weight is 284 g/mol. The summed E-state index contributed by atoms with van der Waals surface area (Å²) >= 11 is 3.31. The molecular weight excluding hydrogens is 269 g/mol. The van der Waals surface area contributed by atoms with Crippen molar-refractivity contribution < 1.29 is 9.31 Å². The highest BCUT2D eigenvalue weighted by Crippen LogP contribution is 2.36. The normalized spacial score (nSPS) is 22.4. The Balaban J connectivity index is 2.23. The second-order valence-electron chi connectivity index (χ2n) is 5.00. The maximum Gasteiger partial charge on any atom is 0.496 e. The lowest BCUT2D eigenvalue weighted by molar-refractivity contribution is 0.00578. The lowest BCUT2D eigenvalue weighted by atomic mass is 9.80. The zero-order chi connectivity index (χ0) is 12.0. The van der Waals surface area contributed by atoms with Crippen molar-refractivity contribution in [3.63, 3.8) is 0 Å². The monoisotopic (exact) mass is 283 g/mol. The Hall–Kier alpha value is -0.385. The van der Waals surface area contributed by atoms with E-state index in [0.717, 1.165) is 10.1 Å². The van der Waals surface area contributed by atoms with Crippen LogP contribution in [0.3, 0.4) is 0 Å². The van der Waals surface area contributed by atoms with E-state index in [9.17, 15) is 0 Å². The van der Waals surface area contributed by atoms with Crippen LogP contribution in [0.1, 0.15) is 27.7 Å². The summed E-state index contributed by atoms with van der Waals surface area (Å²) in [7, 11) is -0.328. The molecule has 0 aliphatic carbocycles. The largest absolute Gasteiger partial charge is 0.496 e. The van der Waals surface area contributed by atoms with Crippen LogP contribution in [0.5, 0.6) is 0 Å². The summed E-state index contributed by atoms with van der Waals surface area (Å²) < 4.78 is 12.6. The summed E-state index contributed by atoms with van der Waals surface area (Å²) in [5.74, 6) is 0. The number of nitrogens with zero attached hydrogens (tertiary/aromatic N) is 1. The molecule has 0 bridgehead atoms. The van der Waals surface area contributed by atoms with Crippen molar-refractivity contribution in [1.82, 2.24) is 4.98 Å². The Morgan fingerprint density at radius 1 is 1.12 bits per heavy atom. The molecule has 0 N–H and O–H groups in total. The van der Waals surface area contributed by atoms with E-state index in [1.807, 2.05) is 39.8 Å². The van der Waals surface area contributed by atoms with Crippen LogP contribution in [0.25, 0.3) is 0 Å². The van der Waals surface area contributed by atoms with Crippen molar-refractivity contribution in [2.24, 2.45) is 0 Å². The molecule has 0 radical (unpaired) electrons. The van der Waals surface area contributed by atoms with E-state index in [2.05, 4.69) is 20.9 Å². The first kappa shape index (κ1) is 12.1. The fourth-order valence-corrected chi connectivity index (χ4v) is 1.74. The van der Waals surface area contributed by atoms with Crippen LogP contribution in [0.2, 0.25) is 0 Å². The van der Waals surface area contributed by atoms with E-state index in [1.165, 1.54) is 0 Å². The number of rotatable bonds is 1. The molecule has 0 spiro atoms. The lowest BCUT2D eigenvalue weighted by Gasteiger charge is -2.32. The maximum absolute atomic E-state index is 5.91. The molecule has 5 heteroatoms. The third kappa shape index (κ3) is 2.04. The van der Waals surface area contributed by atoms with E-state index in [4.69, 9.17) is 9.31 Å². The van der Waals surface area contributed by atoms with Gasteiger partial charge in [0.2, 0.25) is 0 Å². The Bertz CT molecular complexity index is 375. The third-order valence-electron chi connectivity index (χ3n) is 3.28. The quantitative estimate of drug-likeness (QED) is 0.585. The fraction of sp³-hybridized carbons (Fsp3) is 0.545. The van der Waals surface area contributed by atoms with Gasteiger partial charge in [-0.3, -0.25) is 0 Å². The smallest absolute Gasteiger partial charge is 0.399 e. The first-order valence-electron chi connectivity index (χ1n) is 5.29. The van der Waals surface area contributed by atoms with Crippen LogP contribution < -0.4 is 5.46 Å². The van der Waals surface area contributed by atoms with Crippen LogP contribution in [-0.4, -0.2) is 23.3 Å². The van der Waals surface area contributed by atoms with Gasteiger partial charge in [0.25, 0.3) is 0 Å². The van der Waals surface area contributed by atoms with Crippen molar-refractivity contribution in [3.05, 3.63) is 22.9 Å². The number of hydrogen-bond acceptors (Lipinski definition) is 3. The minimum Gasteiger partial charge on any atom is -0.399 e. The molecule has 1 aromatic heterocycles. The van der Waals surface area contributed by atoms with Crippen LogP contribution in [-0.2, 0) is 9.31 Å². The van der Waals surface area contributed by atoms with E-state index in [0.29, 0.717) is 0 Å². The van der Waals surface area contributed by atoms with Crippen LogP contribution >= 0.6 is 15.9 Å². The maximum atomic E-state index is 5.91. The molecule has 0 amide bonds. The molecule has 0 unspecified atom stereocenters. The van der Waals surface area contributed by atoms with Gasteiger partial charge in [-0.25, -0.2) is 4.98 Å². The molecule has 0 aromatic carbocycles. The number of halogens is 1. The molecule has 1 fully saturated rings. The van der Waals surface area contributed by atoms with Crippen molar-refractivity contribution in [3.8, 4) is 0 Å². The molecule has 1 saturated heterocycles. The van der Waals surface area contributed by atoms with Crippen molar-refractivity contribution in [2.75, 3.05) is 0 Å². The van der Waals surface area contributed by atoms with E-state index >= 15 is 0 Å². The van der Waals surface area contributed by atoms with Gasteiger partial charge in [-0.1, -0.05) is 6.07 Å². The van der Waals surface area contributed by atoms with Crippen LogP contribution in [0.15, 0.2) is 22.9 Å². The molecule has 86 valence electrons. The van der Waals surface area contributed by atoms with Gasteiger partial charge in [0, 0.05) is 11.7 Å². The van der Waals surface area contributed by atoms with E-state index in [1.54, 1.807) is 6.20 Å². The van der Waals surface area contributed by atoms with Gasteiger partial charge in [-0.15, -0.1) is 0 Å². The molecule has 3 nitrogen and oxygen atoms in total. The molecule has 1 aliphatic heterocycles. The Morgan fingerprint density at radius 2 is 1.69 bits per heavy atom. The predicted octanol–water partition coefficient (Wildman–Crippen LogP) is 2.14. The second kappa shape index (κ2) is 3.82. The summed E-state index contributed by atoms with van der Waals surface area (Å²) in [6.45, 7) is 8.16. The van der Waals surface area contributed by atoms with Gasteiger partial charge in [0.05, 0.1) is 11.2 Å². The summed E-state index contributed by atoms with van der Waals surface area (Å²) in [4.78, 5) is 4.18. The zero-order valence-corrected chi connectivity index (χ0v) is 11.5. The molecule has 2 heterocycles. The minimum atomic E-state index is -0.328. The summed E-state index contributed by atoms with van der Waals surface area (Å²) in [6.07, 6.45) is 1.77. The number of hydrogen-bond donors (Lipinski definition) is 0. The van der Waals surface area contributed by atoms with Crippen molar-refractivity contribution >= 4 is 28.5 Å². The lowest BCUT2D eigenvalue weighted by Crippen LogP contribution is -2.41. The van der Waals surface area contributed by atoms with Crippen molar-refractivity contribution in [2.45, 2.75) is 38.9 Å². The summed E-state index contributed by atoms with van der Waals surface area (Å²) in [5, 5.41) is 0. The molecule has 0 atom stereocenters. The van der Waals surface area contributed by atoms with E-state index < -0.39 is 0 Å². The predicted molar refractivity (Wildman–Crippen MR) is 67.7 cm³/mol. The van der Waals surface area contributed by atoms with Gasteiger partial charge in [-0.2, -0.15) is 0 Å². The number of aromatic nitrogens is 1.